The number of hydrogen-bond donors (Lipinski definition) is 0. The fourth-order valence-corrected chi connectivity index (χ4v) is 4.45. The van der Waals surface area contributed by atoms with Gasteiger partial charge in [0.15, 0.2) is 0 Å². The Kier molecular flexibility index (Phi) is 6.59. The van der Waals surface area contributed by atoms with Crippen LogP contribution in [0.15, 0.2) is 0 Å². The molecule has 0 amide bonds. The van der Waals surface area contributed by atoms with Crippen molar-refractivity contribution < 1.29 is 5.48 Å². The van der Waals surface area contributed by atoms with E-state index in [1.807, 2.05) is 0 Å². The van der Waals surface area contributed by atoms with E-state index in [4.69, 9.17) is 0 Å². The van der Waals surface area contributed by atoms with Crippen LogP contribution in [0.1, 0.15) is 81.1 Å². The molecule has 0 saturated heterocycles. The Bertz CT molecular complexity index is 232. The first-order valence-electron chi connectivity index (χ1n) is 8.07. The molecule has 1 aliphatic rings. The molecule has 1 aliphatic carbocycles. The van der Waals surface area contributed by atoms with Gasteiger partial charge in [0.25, 0.3) is 0 Å². The molecule has 0 radical (unpaired) electrons. The van der Waals surface area contributed by atoms with Crippen molar-refractivity contribution in [2.24, 2.45) is 34.5 Å². The molecule has 1 rings (SSSR count). The summed E-state index contributed by atoms with van der Waals surface area (Å²) < 4.78 is 0. The minimum Gasteiger partial charge on any atom is -0.412 e. The van der Waals surface area contributed by atoms with Gasteiger partial charge in [0.1, 0.15) is 0 Å². The molecule has 0 bridgehead atoms. The number of rotatable bonds is 2. The van der Waals surface area contributed by atoms with Gasteiger partial charge < -0.3 is 5.48 Å². The summed E-state index contributed by atoms with van der Waals surface area (Å²) >= 11 is 0. The van der Waals surface area contributed by atoms with Gasteiger partial charge in [-0.15, -0.1) is 0 Å². The molecule has 1 fully saturated rings. The molecule has 1 saturated carbocycles. The molecule has 2 atom stereocenters. The highest BCUT2D eigenvalue weighted by Gasteiger charge is 2.43. The van der Waals surface area contributed by atoms with Crippen LogP contribution >= 0.6 is 0 Å². The smallest absolute Gasteiger partial charge is 0.0334 e. The SMILES string of the molecule is CCCC1CC(C(C)(C)C)C(C)C(C(C)(C)C)C1.O. The molecular weight excluding hydrogens is 232 g/mol. The highest BCUT2D eigenvalue weighted by Crippen LogP contribution is 2.52. The maximum Gasteiger partial charge on any atom is -0.0334 e. The van der Waals surface area contributed by atoms with Gasteiger partial charge in [0.2, 0.25) is 0 Å². The minimum absolute atomic E-state index is 0. The Balaban J connectivity index is 0.00000324. The molecule has 2 unspecified atom stereocenters. The van der Waals surface area contributed by atoms with Crippen molar-refractivity contribution in [3.8, 4) is 0 Å². The third-order valence-corrected chi connectivity index (χ3v) is 5.37. The Hall–Kier alpha value is -0.0400. The van der Waals surface area contributed by atoms with E-state index in [9.17, 15) is 0 Å². The summed E-state index contributed by atoms with van der Waals surface area (Å²) in [5, 5.41) is 0. The summed E-state index contributed by atoms with van der Waals surface area (Å²) in [4.78, 5) is 0. The van der Waals surface area contributed by atoms with Crippen LogP contribution < -0.4 is 0 Å². The zero-order valence-corrected chi connectivity index (χ0v) is 14.6. The predicted molar refractivity (Wildman–Crippen MR) is 86.3 cm³/mol. The van der Waals surface area contributed by atoms with Crippen LogP contribution in [0.25, 0.3) is 0 Å². The molecule has 116 valence electrons. The van der Waals surface area contributed by atoms with E-state index in [2.05, 4.69) is 55.4 Å². The molecular formula is C18H38O. The van der Waals surface area contributed by atoms with Gasteiger partial charge in [0.05, 0.1) is 0 Å². The van der Waals surface area contributed by atoms with Crippen LogP contribution in [0.2, 0.25) is 0 Å². The van der Waals surface area contributed by atoms with Gasteiger partial charge >= 0.3 is 0 Å². The van der Waals surface area contributed by atoms with Crippen molar-refractivity contribution in [1.82, 2.24) is 0 Å². The first-order chi connectivity index (χ1) is 8.07. The highest BCUT2D eigenvalue weighted by atomic mass is 16.0. The molecule has 0 aromatic heterocycles. The van der Waals surface area contributed by atoms with E-state index >= 15 is 0 Å². The molecule has 2 N–H and O–H groups in total. The second-order valence-electron chi connectivity index (χ2n) is 8.93. The third-order valence-electron chi connectivity index (χ3n) is 5.37. The average Bonchev–Trinajstić information content (AvgIpc) is 2.17. The topological polar surface area (TPSA) is 31.5 Å². The zero-order valence-electron chi connectivity index (χ0n) is 14.6. The first-order valence-corrected chi connectivity index (χ1v) is 8.07. The van der Waals surface area contributed by atoms with Crippen LogP contribution in [-0.4, -0.2) is 5.48 Å². The standard InChI is InChI=1S/C18H36.H2O/c1-9-10-14-11-15(17(3,4)5)13(2)16(12-14)18(6,7)8;/h13-16H,9-12H2,1-8H3;1H2. The lowest BCUT2D eigenvalue weighted by atomic mass is 9.55. The Labute approximate surface area is 121 Å². The van der Waals surface area contributed by atoms with E-state index in [0.29, 0.717) is 10.8 Å². The monoisotopic (exact) mass is 270 g/mol. The Morgan fingerprint density at radius 3 is 1.47 bits per heavy atom. The van der Waals surface area contributed by atoms with Crippen molar-refractivity contribution in [2.45, 2.75) is 81.1 Å². The second kappa shape index (κ2) is 6.61. The summed E-state index contributed by atoms with van der Waals surface area (Å²) in [7, 11) is 0. The fourth-order valence-electron chi connectivity index (χ4n) is 4.45. The summed E-state index contributed by atoms with van der Waals surface area (Å²) in [5.41, 5.74) is 0.935. The van der Waals surface area contributed by atoms with Crippen LogP contribution in [0.3, 0.4) is 0 Å². The lowest BCUT2D eigenvalue weighted by Crippen LogP contribution is -2.42. The molecule has 0 spiro atoms. The van der Waals surface area contributed by atoms with E-state index in [1.165, 1.54) is 25.7 Å². The minimum atomic E-state index is 0. The van der Waals surface area contributed by atoms with Crippen LogP contribution in [-0.2, 0) is 0 Å². The maximum absolute atomic E-state index is 2.52. The third kappa shape index (κ3) is 4.77. The molecule has 0 aromatic rings. The van der Waals surface area contributed by atoms with Gasteiger partial charge in [-0.1, -0.05) is 68.2 Å². The van der Waals surface area contributed by atoms with E-state index < -0.39 is 0 Å². The summed E-state index contributed by atoms with van der Waals surface area (Å²) in [6.07, 6.45) is 5.72. The van der Waals surface area contributed by atoms with E-state index in [0.717, 1.165) is 23.7 Å². The van der Waals surface area contributed by atoms with Crippen molar-refractivity contribution >= 4 is 0 Å². The van der Waals surface area contributed by atoms with Gasteiger partial charge in [-0.2, -0.15) is 0 Å². The quantitative estimate of drug-likeness (QED) is 0.649. The van der Waals surface area contributed by atoms with E-state index in [1.54, 1.807) is 0 Å². The van der Waals surface area contributed by atoms with Crippen LogP contribution in [0.4, 0.5) is 0 Å². The molecule has 1 heteroatoms. The fraction of sp³-hybridized carbons (Fsp3) is 1.00. The zero-order chi connectivity index (χ0) is 14.1. The second-order valence-corrected chi connectivity index (χ2v) is 8.93. The molecule has 0 heterocycles. The van der Waals surface area contributed by atoms with Gasteiger partial charge in [-0.3, -0.25) is 0 Å². The highest BCUT2D eigenvalue weighted by molar-refractivity contribution is 4.93. The van der Waals surface area contributed by atoms with Crippen LogP contribution in [0, 0.1) is 34.5 Å². The Morgan fingerprint density at radius 1 is 0.842 bits per heavy atom. The summed E-state index contributed by atoms with van der Waals surface area (Å²) in [6, 6.07) is 0. The van der Waals surface area contributed by atoms with Crippen LogP contribution in [0.5, 0.6) is 0 Å². The predicted octanol–water partition coefficient (Wildman–Crippen LogP) is 5.33. The lowest BCUT2D eigenvalue weighted by Gasteiger charge is -2.50. The molecule has 19 heavy (non-hydrogen) atoms. The van der Waals surface area contributed by atoms with Crippen molar-refractivity contribution in [1.29, 1.82) is 0 Å². The van der Waals surface area contributed by atoms with Gasteiger partial charge in [-0.25, -0.2) is 0 Å². The molecule has 0 aliphatic heterocycles. The van der Waals surface area contributed by atoms with Crippen molar-refractivity contribution in [3.63, 3.8) is 0 Å². The largest absolute Gasteiger partial charge is 0.412 e. The van der Waals surface area contributed by atoms with Gasteiger partial charge in [0, 0.05) is 0 Å². The lowest BCUT2D eigenvalue weighted by molar-refractivity contribution is -0.0106. The maximum atomic E-state index is 2.52. The summed E-state index contributed by atoms with van der Waals surface area (Å²) in [6.45, 7) is 19.5. The molecule has 0 aromatic carbocycles. The molecule has 1 nitrogen and oxygen atoms in total. The summed E-state index contributed by atoms with van der Waals surface area (Å²) in [5.74, 6) is 3.64. The van der Waals surface area contributed by atoms with E-state index in [-0.39, 0.29) is 5.48 Å². The average molecular weight is 271 g/mol. The Morgan fingerprint density at radius 2 is 1.21 bits per heavy atom. The normalized spacial score (nSPS) is 32.8. The first kappa shape index (κ1) is 19.0. The van der Waals surface area contributed by atoms with Gasteiger partial charge in [-0.05, 0) is 47.3 Å². The number of hydrogen-bond acceptors (Lipinski definition) is 0. The van der Waals surface area contributed by atoms with Crippen molar-refractivity contribution in [3.05, 3.63) is 0 Å². The van der Waals surface area contributed by atoms with Crippen molar-refractivity contribution in [2.75, 3.05) is 0 Å².